The molecule has 4 heteroatoms. The molecule has 0 nitrogen and oxygen atoms in total. The highest BCUT2D eigenvalue weighted by atomic mass is 79.9. The van der Waals surface area contributed by atoms with Gasteiger partial charge in [-0.25, -0.2) is 4.39 Å². The number of thiophene rings is 1. The van der Waals surface area contributed by atoms with Crippen LogP contribution in [-0.2, 0) is 5.33 Å². The van der Waals surface area contributed by atoms with Crippen LogP contribution in [0.5, 0.6) is 0 Å². The quantitative estimate of drug-likeness (QED) is 0.667. The van der Waals surface area contributed by atoms with E-state index >= 15 is 0 Å². The van der Waals surface area contributed by atoms with Crippen molar-refractivity contribution in [2.24, 2.45) is 0 Å². The van der Waals surface area contributed by atoms with Gasteiger partial charge in [-0.2, -0.15) is 0 Å². The van der Waals surface area contributed by atoms with E-state index in [1.54, 1.807) is 11.3 Å². The molecule has 1 heterocycles. The van der Waals surface area contributed by atoms with Gasteiger partial charge in [-0.05, 0) is 33.4 Å². The van der Waals surface area contributed by atoms with E-state index in [4.69, 9.17) is 0 Å². The Morgan fingerprint density at radius 3 is 2.92 bits per heavy atom. The fourth-order valence-corrected chi connectivity index (χ4v) is 3.19. The van der Waals surface area contributed by atoms with Gasteiger partial charge in [0.15, 0.2) is 0 Å². The van der Waals surface area contributed by atoms with E-state index in [1.165, 1.54) is 0 Å². The molecule has 0 aliphatic heterocycles. The number of fused-ring (bicyclic) bond motifs is 1. The number of hydrogen-bond acceptors (Lipinski definition) is 1. The first kappa shape index (κ1) is 9.62. The minimum atomic E-state index is -0.164. The van der Waals surface area contributed by atoms with Crippen LogP contribution in [0.3, 0.4) is 0 Å². The van der Waals surface area contributed by atoms with E-state index in [0.29, 0.717) is 15.4 Å². The summed E-state index contributed by atoms with van der Waals surface area (Å²) in [7, 11) is 0. The van der Waals surface area contributed by atoms with Crippen molar-refractivity contribution >= 4 is 53.3 Å². The molecule has 0 saturated carbocycles. The predicted octanol–water partition coefficient (Wildman–Crippen LogP) is 4.70. The van der Waals surface area contributed by atoms with Gasteiger partial charge in [0.2, 0.25) is 0 Å². The number of benzene rings is 1. The third kappa shape index (κ3) is 1.55. The van der Waals surface area contributed by atoms with Crippen molar-refractivity contribution in [3.8, 4) is 0 Å². The van der Waals surface area contributed by atoms with Gasteiger partial charge in [0.05, 0.1) is 4.47 Å². The number of halogens is 3. The van der Waals surface area contributed by atoms with Gasteiger partial charge in [-0.15, -0.1) is 11.3 Å². The van der Waals surface area contributed by atoms with Crippen LogP contribution in [0.2, 0.25) is 0 Å². The second kappa shape index (κ2) is 3.67. The Bertz CT molecular complexity index is 450. The first-order valence-corrected chi connectivity index (χ1v) is 6.43. The Morgan fingerprint density at radius 1 is 1.46 bits per heavy atom. The van der Waals surface area contributed by atoms with E-state index in [2.05, 4.69) is 31.9 Å². The lowest BCUT2D eigenvalue weighted by molar-refractivity contribution is 0.613. The Kier molecular flexibility index (Phi) is 2.72. The Labute approximate surface area is 96.0 Å². The smallest absolute Gasteiger partial charge is 0.142 e. The van der Waals surface area contributed by atoms with Crippen LogP contribution in [0.1, 0.15) is 5.56 Å². The molecule has 0 aliphatic carbocycles. The molecule has 68 valence electrons. The molecule has 1 aromatic carbocycles. The molecule has 0 bridgehead atoms. The summed E-state index contributed by atoms with van der Waals surface area (Å²) in [6, 6.07) is 3.81. The first-order chi connectivity index (χ1) is 6.24. The Balaban J connectivity index is 2.83. The summed E-state index contributed by atoms with van der Waals surface area (Å²) in [6.07, 6.45) is 0. The normalized spacial score (nSPS) is 11.0. The monoisotopic (exact) mass is 322 g/mol. The molecule has 0 amide bonds. The maximum atomic E-state index is 13.5. The van der Waals surface area contributed by atoms with Crippen LogP contribution in [0.25, 0.3) is 10.1 Å². The molecule has 0 radical (unpaired) electrons. The van der Waals surface area contributed by atoms with E-state index in [0.717, 1.165) is 10.1 Å². The molecule has 0 saturated heterocycles. The Morgan fingerprint density at radius 2 is 2.23 bits per heavy atom. The Hall–Kier alpha value is 0.0700. The molecule has 1 aromatic heterocycles. The van der Waals surface area contributed by atoms with E-state index < -0.39 is 0 Å². The van der Waals surface area contributed by atoms with Crippen molar-refractivity contribution in [2.75, 3.05) is 0 Å². The second-order valence-corrected chi connectivity index (χ2v) is 4.93. The zero-order valence-electron chi connectivity index (χ0n) is 6.48. The van der Waals surface area contributed by atoms with Crippen molar-refractivity contribution in [1.29, 1.82) is 0 Å². The minimum Gasteiger partial charge on any atom is -0.205 e. The molecular weight excluding hydrogens is 319 g/mol. The lowest BCUT2D eigenvalue weighted by Crippen LogP contribution is -1.87. The van der Waals surface area contributed by atoms with Crippen LogP contribution in [0, 0.1) is 5.82 Å². The highest BCUT2D eigenvalue weighted by Crippen LogP contribution is 2.33. The van der Waals surface area contributed by atoms with Gasteiger partial charge in [-0.1, -0.05) is 15.9 Å². The minimum absolute atomic E-state index is 0.164. The van der Waals surface area contributed by atoms with Gasteiger partial charge in [0.25, 0.3) is 0 Å². The maximum Gasteiger partial charge on any atom is 0.142 e. The average molecular weight is 324 g/mol. The van der Waals surface area contributed by atoms with Crippen LogP contribution in [-0.4, -0.2) is 0 Å². The zero-order chi connectivity index (χ0) is 9.42. The third-order valence-corrected chi connectivity index (χ3v) is 4.10. The molecular formula is C9H5Br2FS. The predicted molar refractivity (Wildman–Crippen MR) is 62.1 cm³/mol. The van der Waals surface area contributed by atoms with Gasteiger partial charge in [0, 0.05) is 21.0 Å². The lowest BCUT2D eigenvalue weighted by atomic mass is 10.2. The lowest BCUT2D eigenvalue weighted by Gasteiger charge is -2.02. The summed E-state index contributed by atoms with van der Waals surface area (Å²) in [6.45, 7) is 0. The van der Waals surface area contributed by atoms with E-state index in [1.807, 2.05) is 17.5 Å². The molecule has 0 unspecified atom stereocenters. The van der Waals surface area contributed by atoms with Gasteiger partial charge >= 0.3 is 0 Å². The molecule has 0 fully saturated rings. The first-order valence-electron chi connectivity index (χ1n) is 3.64. The number of rotatable bonds is 1. The molecule has 13 heavy (non-hydrogen) atoms. The number of alkyl halides is 1. The van der Waals surface area contributed by atoms with Crippen LogP contribution >= 0.6 is 43.2 Å². The van der Waals surface area contributed by atoms with E-state index in [-0.39, 0.29) is 5.82 Å². The van der Waals surface area contributed by atoms with Gasteiger partial charge < -0.3 is 0 Å². The van der Waals surface area contributed by atoms with Crippen molar-refractivity contribution < 1.29 is 4.39 Å². The molecule has 2 rings (SSSR count). The zero-order valence-corrected chi connectivity index (χ0v) is 10.5. The molecule has 2 aromatic rings. The molecule has 0 N–H and O–H groups in total. The van der Waals surface area contributed by atoms with Crippen molar-refractivity contribution in [3.63, 3.8) is 0 Å². The van der Waals surface area contributed by atoms with Crippen molar-refractivity contribution in [3.05, 3.63) is 33.4 Å². The number of hydrogen-bond donors (Lipinski definition) is 0. The van der Waals surface area contributed by atoms with Crippen LogP contribution < -0.4 is 0 Å². The highest BCUT2D eigenvalue weighted by Gasteiger charge is 2.10. The summed E-state index contributed by atoms with van der Waals surface area (Å²) < 4.78 is 15.2. The summed E-state index contributed by atoms with van der Waals surface area (Å²) in [5, 5.41) is 3.46. The van der Waals surface area contributed by atoms with Gasteiger partial charge in [0.1, 0.15) is 5.82 Å². The summed E-state index contributed by atoms with van der Waals surface area (Å²) in [5.74, 6) is -0.164. The van der Waals surface area contributed by atoms with E-state index in [9.17, 15) is 4.39 Å². The van der Waals surface area contributed by atoms with Crippen LogP contribution in [0.15, 0.2) is 22.0 Å². The van der Waals surface area contributed by atoms with Gasteiger partial charge in [-0.3, -0.25) is 0 Å². The molecule has 0 aliphatic rings. The van der Waals surface area contributed by atoms with Crippen LogP contribution in [0.4, 0.5) is 4.39 Å². The molecule has 0 atom stereocenters. The second-order valence-electron chi connectivity index (χ2n) is 2.63. The molecule has 0 spiro atoms. The fraction of sp³-hybridized carbons (Fsp3) is 0.111. The SMILES string of the molecule is Fc1c(CBr)cc2sccc2c1Br. The summed E-state index contributed by atoms with van der Waals surface area (Å²) >= 11 is 8.14. The topological polar surface area (TPSA) is 0 Å². The highest BCUT2D eigenvalue weighted by molar-refractivity contribution is 9.10. The van der Waals surface area contributed by atoms with Crippen molar-refractivity contribution in [2.45, 2.75) is 5.33 Å². The average Bonchev–Trinajstić information content (AvgIpc) is 2.59. The summed E-state index contributed by atoms with van der Waals surface area (Å²) in [4.78, 5) is 0. The standard InChI is InChI=1S/C9H5Br2FS/c10-4-5-3-7-6(1-2-13-7)8(11)9(5)12/h1-3H,4H2. The summed E-state index contributed by atoms with van der Waals surface area (Å²) in [5.41, 5.74) is 0.696. The maximum absolute atomic E-state index is 13.5. The third-order valence-electron chi connectivity index (χ3n) is 1.86. The fourth-order valence-electron chi connectivity index (χ4n) is 1.19. The largest absolute Gasteiger partial charge is 0.205 e. The van der Waals surface area contributed by atoms with Crippen molar-refractivity contribution in [1.82, 2.24) is 0 Å².